The normalized spacial score (nSPS) is 11.1. The smallest absolute Gasteiger partial charge is 0.418 e. The molecule has 0 aliphatic rings. The van der Waals surface area contributed by atoms with Gasteiger partial charge in [0.05, 0.1) is 24.0 Å². The van der Waals surface area contributed by atoms with Crippen molar-refractivity contribution in [2.45, 2.75) is 26.4 Å². The van der Waals surface area contributed by atoms with Gasteiger partial charge in [0.1, 0.15) is 5.75 Å². The first-order valence-corrected chi connectivity index (χ1v) is 8.52. The van der Waals surface area contributed by atoms with Crippen molar-refractivity contribution in [1.29, 1.82) is 0 Å². The van der Waals surface area contributed by atoms with Crippen LogP contribution in [0.3, 0.4) is 0 Å². The van der Waals surface area contributed by atoms with Gasteiger partial charge in [-0.3, -0.25) is 9.59 Å². The summed E-state index contributed by atoms with van der Waals surface area (Å²) in [5, 5.41) is 2.27. The number of anilines is 2. The molecule has 0 aromatic heterocycles. The molecule has 0 fully saturated rings. The van der Waals surface area contributed by atoms with Gasteiger partial charge in [-0.1, -0.05) is 18.2 Å². The van der Waals surface area contributed by atoms with E-state index in [1.54, 1.807) is 12.1 Å². The van der Waals surface area contributed by atoms with Crippen molar-refractivity contribution in [3.8, 4) is 5.75 Å². The van der Waals surface area contributed by atoms with E-state index < -0.39 is 17.6 Å². The standard InChI is InChI=1S/C20H21F3N2O3/c1-13-8-9-18(28-3)17(12-13)25(14(2)26)11-10-19(27)24-16-7-5-4-6-15(16)20(21,22)23/h4-9,12H,10-11H2,1-3H3,(H,24,27). The Morgan fingerprint density at radius 3 is 2.43 bits per heavy atom. The van der Waals surface area contributed by atoms with E-state index in [-0.39, 0.29) is 24.6 Å². The van der Waals surface area contributed by atoms with Crippen LogP contribution in [0.1, 0.15) is 24.5 Å². The van der Waals surface area contributed by atoms with Crippen molar-refractivity contribution < 1.29 is 27.5 Å². The van der Waals surface area contributed by atoms with Crippen molar-refractivity contribution in [2.75, 3.05) is 23.9 Å². The molecule has 1 N–H and O–H groups in total. The van der Waals surface area contributed by atoms with Crippen LogP contribution >= 0.6 is 0 Å². The molecule has 0 saturated heterocycles. The van der Waals surface area contributed by atoms with Gasteiger partial charge in [-0.05, 0) is 36.8 Å². The molecule has 2 rings (SSSR count). The Bertz CT molecular complexity index is 866. The minimum Gasteiger partial charge on any atom is -0.495 e. The Kier molecular flexibility index (Phi) is 6.66. The molecule has 0 radical (unpaired) electrons. The van der Waals surface area contributed by atoms with Crippen molar-refractivity contribution in [2.24, 2.45) is 0 Å². The number of amides is 2. The maximum Gasteiger partial charge on any atom is 0.418 e. The quantitative estimate of drug-likeness (QED) is 0.790. The van der Waals surface area contributed by atoms with Gasteiger partial charge in [0, 0.05) is 19.9 Å². The Labute approximate surface area is 161 Å². The average Bonchev–Trinajstić information content (AvgIpc) is 2.61. The number of ether oxygens (including phenoxy) is 1. The molecule has 28 heavy (non-hydrogen) atoms. The molecular weight excluding hydrogens is 373 g/mol. The highest BCUT2D eigenvalue weighted by Crippen LogP contribution is 2.34. The second-order valence-corrected chi connectivity index (χ2v) is 6.19. The number of benzene rings is 2. The lowest BCUT2D eigenvalue weighted by atomic mass is 10.1. The summed E-state index contributed by atoms with van der Waals surface area (Å²) in [6.45, 7) is 3.19. The molecular formula is C20H21F3N2O3. The molecule has 0 atom stereocenters. The van der Waals surface area contributed by atoms with Gasteiger partial charge in [0.2, 0.25) is 11.8 Å². The van der Waals surface area contributed by atoms with Crippen LogP contribution < -0.4 is 15.0 Å². The predicted octanol–water partition coefficient (Wildman–Crippen LogP) is 4.40. The molecule has 0 saturated carbocycles. The summed E-state index contributed by atoms with van der Waals surface area (Å²) < 4.78 is 44.4. The Morgan fingerprint density at radius 2 is 1.82 bits per heavy atom. The molecule has 150 valence electrons. The zero-order chi connectivity index (χ0) is 20.9. The van der Waals surface area contributed by atoms with Crippen molar-refractivity contribution in [3.05, 3.63) is 53.6 Å². The van der Waals surface area contributed by atoms with Crippen LogP contribution in [-0.4, -0.2) is 25.5 Å². The zero-order valence-corrected chi connectivity index (χ0v) is 15.8. The van der Waals surface area contributed by atoms with Crippen LogP contribution in [0.25, 0.3) is 0 Å². The molecule has 0 aliphatic heterocycles. The largest absolute Gasteiger partial charge is 0.495 e. The summed E-state index contributed by atoms with van der Waals surface area (Å²) in [5.41, 5.74) is 0.152. The summed E-state index contributed by atoms with van der Waals surface area (Å²) >= 11 is 0. The van der Waals surface area contributed by atoms with Gasteiger partial charge in [-0.15, -0.1) is 0 Å². The number of hydrogen-bond acceptors (Lipinski definition) is 3. The van der Waals surface area contributed by atoms with Crippen molar-refractivity contribution in [1.82, 2.24) is 0 Å². The van der Waals surface area contributed by atoms with E-state index in [0.29, 0.717) is 11.4 Å². The van der Waals surface area contributed by atoms with Gasteiger partial charge < -0.3 is 15.0 Å². The number of carbonyl (C=O) groups excluding carboxylic acids is 2. The fraction of sp³-hybridized carbons (Fsp3) is 0.300. The number of methoxy groups -OCH3 is 1. The predicted molar refractivity (Wildman–Crippen MR) is 100 cm³/mol. The first-order valence-electron chi connectivity index (χ1n) is 8.52. The molecule has 0 spiro atoms. The molecule has 0 aliphatic carbocycles. The molecule has 8 heteroatoms. The SMILES string of the molecule is COc1ccc(C)cc1N(CCC(=O)Nc1ccccc1C(F)(F)F)C(C)=O. The maximum absolute atomic E-state index is 13.0. The topological polar surface area (TPSA) is 58.6 Å². The zero-order valence-electron chi connectivity index (χ0n) is 15.8. The lowest BCUT2D eigenvalue weighted by Gasteiger charge is -2.23. The number of para-hydroxylation sites is 1. The number of rotatable bonds is 6. The van der Waals surface area contributed by atoms with Crippen molar-refractivity contribution >= 4 is 23.2 Å². The summed E-state index contributed by atoms with van der Waals surface area (Å²) in [4.78, 5) is 25.7. The molecule has 5 nitrogen and oxygen atoms in total. The molecule has 2 aromatic carbocycles. The van der Waals surface area contributed by atoms with E-state index in [1.807, 2.05) is 13.0 Å². The average molecular weight is 394 g/mol. The van der Waals surface area contributed by atoms with Crippen LogP contribution in [0.2, 0.25) is 0 Å². The number of nitrogens with zero attached hydrogens (tertiary/aromatic N) is 1. The number of hydrogen-bond donors (Lipinski definition) is 1. The summed E-state index contributed by atoms with van der Waals surface area (Å²) in [6.07, 6.45) is -4.76. The molecule has 0 bridgehead atoms. The number of halogens is 3. The van der Waals surface area contributed by atoms with Crippen LogP contribution in [0.15, 0.2) is 42.5 Å². The second kappa shape index (κ2) is 8.77. The summed E-state index contributed by atoms with van der Waals surface area (Å²) in [6, 6.07) is 10.0. The lowest BCUT2D eigenvalue weighted by molar-refractivity contribution is -0.137. The molecule has 2 aromatic rings. The Balaban J connectivity index is 2.15. The molecule has 0 unspecified atom stereocenters. The van der Waals surface area contributed by atoms with E-state index in [0.717, 1.165) is 11.6 Å². The highest BCUT2D eigenvalue weighted by atomic mass is 19.4. The van der Waals surface area contributed by atoms with Gasteiger partial charge in [-0.25, -0.2) is 0 Å². The van der Waals surface area contributed by atoms with Gasteiger partial charge in [0.25, 0.3) is 0 Å². The van der Waals surface area contributed by atoms with Crippen LogP contribution in [0.5, 0.6) is 5.75 Å². The molecule has 0 heterocycles. The fourth-order valence-corrected chi connectivity index (χ4v) is 2.72. The van der Waals surface area contributed by atoms with E-state index in [1.165, 1.54) is 37.1 Å². The summed E-state index contributed by atoms with van der Waals surface area (Å²) in [7, 11) is 1.47. The van der Waals surface area contributed by atoms with E-state index in [2.05, 4.69) is 5.32 Å². The van der Waals surface area contributed by atoms with Crippen molar-refractivity contribution in [3.63, 3.8) is 0 Å². The van der Waals surface area contributed by atoms with E-state index in [9.17, 15) is 22.8 Å². The number of aryl methyl sites for hydroxylation is 1. The first-order chi connectivity index (χ1) is 13.1. The summed E-state index contributed by atoms with van der Waals surface area (Å²) in [5.74, 6) is -0.481. The van der Waals surface area contributed by atoms with Gasteiger partial charge in [0.15, 0.2) is 0 Å². The number of nitrogens with one attached hydrogen (secondary N) is 1. The Morgan fingerprint density at radius 1 is 1.14 bits per heavy atom. The third-order valence-corrected chi connectivity index (χ3v) is 4.07. The third-order valence-electron chi connectivity index (χ3n) is 4.07. The Hall–Kier alpha value is -3.03. The second-order valence-electron chi connectivity index (χ2n) is 6.19. The van der Waals surface area contributed by atoms with E-state index >= 15 is 0 Å². The third kappa shape index (κ3) is 5.25. The maximum atomic E-state index is 13.0. The monoisotopic (exact) mass is 394 g/mol. The van der Waals surface area contributed by atoms with Crippen LogP contribution in [-0.2, 0) is 15.8 Å². The fourth-order valence-electron chi connectivity index (χ4n) is 2.72. The highest BCUT2D eigenvalue weighted by molar-refractivity contribution is 5.96. The first kappa shape index (κ1) is 21.3. The van der Waals surface area contributed by atoms with Gasteiger partial charge in [-0.2, -0.15) is 13.2 Å². The lowest BCUT2D eigenvalue weighted by Crippen LogP contribution is -2.32. The van der Waals surface area contributed by atoms with Crippen LogP contribution in [0, 0.1) is 6.92 Å². The number of alkyl halides is 3. The minimum absolute atomic E-state index is 0.00480. The molecule has 2 amide bonds. The van der Waals surface area contributed by atoms with Crippen LogP contribution in [0.4, 0.5) is 24.5 Å². The van der Waals surface area contributed by atoms with E-state index in [4.69, 9.17) is 4.74 Å². The number of carbonyl (C=O) groups is 2. The highest BCUT2D eigenvalue weighted by Gasteiger charge is 2.33. The van der Waals surface area contributed by atoms with Gasteiger partial charge >= 0.3 is 6.18 Å². The minimum atomic E-state index is -4.58.